The van der Waals surface area contributed by atoms with Crippen LogP contribution in [0.1, 0.15) is 74.5 Å². The van der Waals surface area contributed by atoms with E-state index in [1.54, 1.807) is 38.1 Å². The number of carbonyl (C=O) groups excluding carboxylic acids is 2. The molecule has 0 saturated heterocycles. The molecule has 1 aliphatic rings. The Hall–Kier alpha value is -3.40. The third kappa shape index (κ3) is 7.02. The van der Waals surface area contributed by atoms with Crippen LogP contribution >= 0.6 is 0 Å². The van der Waals surface area contributed by atoms with Gasteiger partial charge >= 0.3 is 0 Å². The number of para-hydroxylation sites is 2. The van der Waals surface area contributed by atoms with E-state index in [-0.39, 0.29) is 18.5 Å². The van der Waals surface area contributed by atoms with Gasteiger partial charge in [0, 0.05) is 0 Å². The summed E-state index contributed by atoms with van der Waals surface area (Å²) in [6, 6.07) is 13.6. The Balaban J connectivity index is 1.61. The number of aromatic nitrogens is 2. The summed E-state index contributed by atoms with van der Waals surface area (Å²) < 4.78 is 0. The molecule has 3 unspecified atom stereocenters. The van der Waals surface area contributed by atoms with Gasteiger partial charge in [-0.2, -0.15) is 0 Å². The van der Waals surface area contributed by atoms with Crippen LogP contribution < -0.4 is 11.1 Å². The summed E-state index contributed by atoms with van der Waals surface area (Å²) in [6.07, 6.45) is 2.65. The highest BCUT2D eigenvalue weighted by Crippen LogP contribution is 2.39. The lowest BCUT2D eigenvalue weighted by atomic mass is 9.70. The lowest BCUT2D eigenvalue weighted by Crippen LogP contribution is -2.52. The first kappa shape index (κ1) is 29.6. The third-order valence-corrected chi connectivity index (χ3v) is 8.16. The molecule has 0 aliphatic heterocycles. The standard InChI is InChI=1S/C31H40N4O5/c1-19-11-13-31(40,14-12-19)22(28(32)37)17-27(36)25(16-20-7-6-8-21(15-20)30(2,3)39)35-29(38)26-18-33-23-9-4-5-10-24(23)34-26/h4-10,15,18-19,22,25,27,36,39-40H,11-14,16-17H2,1-3H3,(H2,32,37)(H,35,38). The molecule has 4 rings (SSSR count). The number of rotatable bonds is 10. The highest BCUT2D eigenvalue weighted by molar-refractivity contribution is 5.94. The van der Waals surface area contributed by atoms with E-state index >= 15 is 0 Å². The fraction of sp³-hybridized carbons (Fsp3) is 0.484. The zero-order valence-electron chi connectivity index (χ0n) is 23.4. The Kier molecular flexibility index (Phi) is 8.87. The van der Waals surface area contributed by atoms with E-state index in [1.165, 1.54) is 6.20 Å². The highest BCUT2D eigenvalue weighted by Gasteiger charge is 2.44. The molecule has 214 valence electrons. The van der Waals surface area contributed by atoms with Crippen molar-refractivity contribution in [2.24, 2.45) is 17.6 Å². The smallest absolute Gasteiger partial charge is 0.271 e. The van der Waals surface area contributed by atoms with Gasteiger partial charge in [0.05, 0.1) is 46.5 Å². The molecular weight excluding hydrogens is 508 g/mol. The van der Waals surface area contributed by atoms with Crippen molar-refractivity contribution < 1.29 is 24.9 Å². The van der Waals surface area contributed by atoms with Crippen LogP contribution in [-0.4, -0.2) is 54.8 Å². The van der Waals surface area contributed by atoms with Crippen molar-refractivity contribution in [1.29, 1.82) is 0 Å². The van der Waals surface area contributed by atoms with Crippen LogP contribution in [0.5, 0.6) is 0 Å². The largest absolute Gasteiger partial charge is 0.391 e. The van der Waals surface area contributed by atoms with Gasteiger partial charge in [-0.15, -0.1) is 0 Å². The van der Waals surface area contributed by atoms with Gasteiger partial charge < -0.3 is 26.4 Å². The first-order chi connectivity index (χ1) is 18.9. The molecule has 1 saturated carbocycles. The summed E-state index contributed by atoms with van der Waals surface area (Å²) in [6.45, 7) is 5.47. The van der Waals surface area contributed by atoms with Crippen LogP contribution in [0, 0.1) is 11.8 Å². The van der Waals surface area contributed by atoms with E-state index in [9.17, 15) is 24.9 Å². The van der Waals surface area contributed by atoms with E-state index in [2.05, 4.69) is 22.2 Å². The van der Waals surface area contributed by atoms with Crippen LogP contribution in [0.25, 0.3) is 11.0 Å². The Labute approximate surface area is 234 Å². The molecule has 3 atom stereocenters. The Morgan fingerprint density at radius 1 is 1.12 bits per heavy atom. The van der Waals surface area contributed by atoms with E-state index in [1.807, 2.05) is 24.3 Å². The molecular formula is C31H40N4O5. The van der Waals surface area contributed by atoms with Crippen molar-refractivity contribution in [3.05, 3.63) is 71.5 Å². The number of hydrogen-bond donors (Lipinski definition) is 5. The monoisotopic (exact) mass is 548 g/mol. The fourth-order valence-electron chi connectivity index (χ4n) is 5.54. The van der Waals surface area contributed by atoms with Gasteiger partial charge in [0.2, 0.25) is 5.91 Å². The number of primary amides is 1. The molecule has 1 fully saturated rings. The second kappa shape index (κ2) is 12.0. The van der Waals surface area contributed by atoms with Crippen molar-refractivity contribution in [3.63, 3.8) is 0 Å². The second-order valence-corrected chi connectivity index (χ2v) is 11.8. The topological polar surface area (TPSA) is 159 Å². The number of nitrogens with two attached hydrogens (primary N) is 1. The molecule has 2 aromatic carbocycles. The van der Waals surface area contributed by atoms with Crippen LogP contribution in [0.3, 0.4) is 0 Å². The van der Waals surface area contributed by atoms with Gasteiger partial charge in [-0.3, -0.25) is 14.6 Å². The normalized spacial score (nSPS) is 21.9. The zero-order chi connectivity index (χ0) is 29.1. The maximum absolute atomic E-state index is 13.3. The molecule has 9 nitrogen and oxygen atoms in total. The average Bonchev–Trinajstić information content (AvgIpc) is 2.92. The zero-order valence-corrected chi connectivity index (χ0v) is 23.4. The number of fused-ring (bicyclic) bond motifs is 1. The number of nitrogens with zero attached hydrogens (tertiary/aromatic N) is 2. The van der Waals surface area contributed by atoms with Crippen LogP contribution in [0.4, 0.5) is 0 Å². The maximum Gasteiger partial charge on any atom is 0.271 e. The lowest BCUT2D eigenvalue weighted by Gasteiger charge is -2.41. The van der Waals surface area contributed by atoms with E-state index in [0.717, 1.165) is 18.4 Å². The number of aliphatic hydroxyl groups excluding tert-OH is 1. The van der Waals surface area contributed by atoms with Gasteiger partial charge in [-0.25, -0.2) is 4.98 Å². The molecule has 2 amide bonds. The Morgan fingerprint density at radius 2 is 1.80 bits per heavy atom. The number of carbonyl (C=O) groups is 2. The molecule has 1 aliphatic carbocycles. The van der Waals surface area contributed by atoms with Crippen molar-refractivity contribution in [3.8, 4) is 0 Å². The molecule has 6 N–H and O–H groups in total. The van der Waals surface area contributed by atoms with E-state index in [0.29, 0.717) is 35.4 Å². The minimum absolute atomic E-state index is 0.0903. The van der Waals surface area contributed by atoms with Crippen LogP contribution in [0.2, 0.25) is 0 Å². The van der Waals surface area contributed by atoms with Crippen molar-refractivity contribution in [2.75, 3.05) is 0 Å². The first-order valence-electron chi connectivity index (χ1n) is 13.9. The number of hydrogen-bond acceptors (Lipinski definition) is 7. The molecule has 1 heterocycles. The van der Waals surface area contributed by atoms with Crippen LogP contribution in [-0.2, 0) is 16.8 Å². The fourth-order valence-corrected chi connectivity index (χ4v) is 5.54. The summed E-state index contributed by atoms with van der Waals surface area (Å²) in [4.78, 5) is 34.6. The summed E-state index contributed by atoms with van der Waals surface area (Å²) in [5, 5.41) is 36.2. The highest BCUT2D eigenvalue weighted by atomic mass is 16.3. The second-order valence-electron chi connectivity index (χ2n) is 11.8. The molecule has 0 radical (unpaired) electrons. The number of aliphatic hydroxyl groups is 3. The quantitative estimate of drug-likeness (QED) is 0.260. The van der Waals surface area contributed by atoms with E-state index in [4.69, 9.17) is 5.73 Å². The minimum Gasteiger partial charge on any atom is -0.391 e. The van der Waals surface area contributed by atoms with Gasteiger partial charge in [0.1, 0.15) is 5.69 Å². The predicted octanol–water partition coefficient (Wildman–Crippen LogP) is 2.99. The average molecular weight is 549 g/mol. The molecule has 40 heavy (non-hydrogen) atoms. The van der Waals surface area contributed by atoms with Gasteiger partial charge in [0.15, 0.2) is 0 Å². The molecule has 9 heteroatoms. The van der Waals surface area contributed by atoms with Crippen LogP contribution in [0.15, 0.2) is 54.7 Å². The molecule has 0 spiro atoms. The molecule has 0 bridgehead atoms. The van der Waals surface area contributed by atoms with Gasteiger partial charge in [-0.05, 0) is 81.5 Å². The van der Waals surface area contributed by atoms with Crippen molar-refractivity contribution >= 4 is 22.8 Å². The Bertz CT molecular complexity index is 1350. The first-order valence-corrected chi connectivity index (χ1v) is 13.9. The maximum atomic E-state index is 13.3. The number of benzene rings is 2. The minimum atomic E-state index is -1.31. The van der Waals surface area contributed by atoms with Crippen molar-refractivity contribution in [2.45, 2.75) is 82.6 Å². The molecule has 1 aromatic heterocycles. The van der Waals surface area contributed by atoms with Gasteiger partial charge in [0.25, 0.3) is 5.91 Å². The SMILES string of the molecule is CC1CCC(O)(C(CC(O)C(Cc2cccc(C(C)(C)O)c2)NC(=O)c2cnc3ccccc3n2)C(N)=O)CC1. The summed E-state index contributed by atoms with van der Waals surface area (Å²) >= 11 is 0. The third-order valence-electron chi connectivity index (χ3n) is 8.16. The van der Waals surface area contributed by atoms with E-state index < -0.39 is 41.1 Å². The summed E-state index contributed by atoms with van der Waals surface area (Å²) in [7, 11) is 0. The number of nitrogens with one attached hydrogen (secondary N) is 1. The predicted molar refractivity (Wildman–Crippen MR) is 152 cm³/mol. The molecule has 3 aromatic rings. The summed E-state index contributed by atoms with van der Waals surface area (Å²) in [5.41, 5.74) is 6.14. The lowest BCUT2D eigenvalue weighted by molar-refractivity contribution is -0.138. The summed E-state index contributed by atoms with van der Waals surface area (Å²) in [5.74, 6) is -1.73. The Morgan fingerprint density at radius 3 is 2.45 bits per heavy atom. The number of amides is 2. The van der Waals surface area contributed by atoms with Gasteiger partial charge in [-0.1, -0.05) is 43.3 Å². The van der Waals surface area contributed by atoms with Crippen molar-refractivity contribution in [1.82, 2.24) is 15.3 Å².